The molecule has 83 heavy (non-hydrogen) atoms. The standard InChI is InChI=1S/C71H106O12/c1-4-7-10-13-16-19-22-25-28-31-32-35-36-39-42-45-48-51-54-57-63(72)79-60-62(81-64(73)58-55-52-49-46-43-40-37-33-29-26-23-20-17-14-11-8-5-2)61-80-71-69(67(76)66(75)68(83-71)70(77)78)82-65(74)59-56-53-50-47-44-41-38-34-30-27-24-21-18-15-12-9-6-3/h7-12,16-21,25-30,32,35,37-42,46,49,62,66-69,71,75-76H,4-6,13-15,22-24,31,33-34,36,43-45,47-48,50-61H2,1-3H3,(H,77,78)/b10-7-,11-8-,12-9-,19-16-,20-17-,21-18-,28-25-,29-26-,30-27-,35-32-,40-37-,41-38-,42-39-,49-46-. The number of aliphatic carboxylic acids is 1. The van der Waals surface area contributed by atoms with Gasteiger partial charge < -0.3 is 39.0 Å². The zero-order valence-electron chi connectivity index (χ0n) is 50.9. The summed E-state index contributed by atoms with van der Waals surface area (Å²) in [4.78, 5) is 51.3. The van der Waals surface area contributed by atoms with Crippen LogP contribution in [-0.2, 0) is 42.9 Å². The lowest BCUT2D eigenvalue weighted by atomic mass is 9.98. The molecule has 12 nitrogen and oxygen atoms in total. The Morgan fingerprint density at radius 2 is 0.735 bits per heavy atom. The van der Waals surface area contributed by atoms with E-state index in [1.54, 1.807) is 0 Å². The zero-order valence-corrected chi connectivity index (χ0v) is 50.9. The predicted octanol–water partition coefficient (Wildman–Crippen LogP) is 16.7. The van der Waals surface area contributed by atoms with Gasteiger partial charge in [0.2, 0.25) is 0 Å². The van der Waals surface area contributed by atoms with E-state index in [1.807, 2.05) is 12.2 Å². The molecule has 1 aliphatic heterocycles. The number of hydrogen-bond donors (Lipinski definition) is 3. The van der Waals surface area contributed by atoms with Gasteiger partial charge in [-0.2, -0.15) is 0 Å². The van der Waals surface area contributed by atoms with Crippen molar-refractivity contribution in [3.8, 4) is 0 Å². The van der Waals surface area contributed by atoms with Gasteiger partial charge in [0.05, 0.1) is 6.61 Å². The number of aliphatic hydroxyl groups is 2. The minimum absolute atomic E-state index is 0.0115. The van der Waals surface area contributed by atoms with Gasteiger partial charge in [0.25, 0.3) is 0 Å². The van der Waals surface area contributed by atoms with Gasteiger partial charge >= 0.3 is 23.9 Å². The van der Waals surface area contributed by atoms with Crippen LogP contribution in [0.4, 0.5) is 0 Å². The molecule has 1 saturated heterocycles. The van der Waals surface area contributed by atoms with Crippen molar-refractivity contribution in [3.05, 3.63) is 170 Å². The number of rotatable bonds is 50. The van der Waals surface area contributed by atoms with Gasteiger partial charge in [-0.25, -0.2) is 4.79 Å². The third-order valence-electron chi connectivity index (χ3n) is 12.8. The number of ether oxygens (including phenoxy) is 5. The van der Waals surface area contributed by atoms with Gasteiger partial charge in [-0.15, -0.1) is 0 Å². The summed E-state index contributed by atoms with van der Waals surface area (Å²) in [6.07, 6.45) is 71.7. The molecule has 0 aliphatic carbocycles. The molecule has 0 bridgehead atoms. The summed E-state index contributed by atoms with van der Waals surface area (Å²) in [5.41, 5.74) is 0. The first-order chi connectivity index (χ1) is 40.6. The number of allylic oxidation sites excluding steroid dienone is 28. The maximum atomic E-state index is 13.2. The Labute approximate surface area is 500 Å². The maximum absolute atomic E-state index is 13.2. The number of aliphatic hydroxyl groups excluding tert-OH is 2. The van der Waals surface area contributed by atoms with E-state index in [2.05, 4.69) is 179 Å². The summed E-state index contributed by atoms with van der Waals surface area (Å²) in [5, 5.41) is 31.6. The van der Waals surface area contributed by atoms with E-state index in [4.69, 9.17) is 23.7 Å². The van der Waals surface area contributed by atoms with Crippen molar-refractivity contribution in [2.24, 2.45) is 0 Å². The van der Waals surface area contributed by atoms with E-state index < -0.39 is 67.3 Å². The van der Waals surface area contributed by atoms with Crippen LogP contribution in [0, 0.1) is 0 Å². The summed E-state index contributed by atoms with van der Waals surface area (Å²) in [7, 11) is 0. The molecule has 1 fully saturated rings. The number of carboxylic acids is 1. The molecule has 1 aliphatic rings. The lowest BCUT2D eigenvalue weighted by molar-refractivity contribution is -0.301. The van der Waals surface area contributed by atoms with Crippen LogP contribution in [-0.4, -0.2) is 89.2 Å². The second-order valence-corrected chi connectivity index (χ2v) is 20.2. The van der Waals surface area contributed by atoms with E-state index in [0.717, 1.165) is 135 Å². The zero-order chi connectivity index (χ0) is 60.3. The van der Waals surface area contributed by atoms with Crippen LogP contribution in [0.3, 0.4) is 0 Å². The van der Waals surface area contributed by atoms with Crippen molar-refractivity contribution >= 4 is 23.9 Å². The largest absolute Gasteiger partial charge is 0.479 e. The molecule has 3 N–H and O–H groups in total. The first-order valence-electron chi connectivity index (χ1n) is 31.1. The van der Waals surface area contributed by atoms with Crippen molar-refractivity contribution in [1.29, 1.82) is 0 Å². The van der Waals surface area contributed by atoms with Crippen LogP contribution in [0.25, 0.3) is 0 Å². The summed E-state index contributed by atoms with van der Waals surface area (Å²) < 4.78 is 28.4. The SMILES string of the molecule is CC/C=C\C/C=C\C/C=C\C/C=C\C/C=C\CCCCCC(=O)OCC(COC1OC(C(=O)O)C(O)C(O)C1OC(=O)CCCCCC/C=C\C/C=C\C/C=C\C/C=C\CC)OC(=O)CCC/C=C\C/C=C\C/C=C\C/C=C\C/C=C\CC. The Bertz CT molecular complexity index is 2090. The van der Waals surface area contributed by atoms with Crippen LogP contribution in [0.15, 0.2) is 170 Å². The van der Waals surface area contributed by atoms with Gasteiger partial charge in [-0.3, -0.25) is 14.4 Å². The third-order valence-corrected chi connectivity index (χ3v) is 12.8. The predicted molar refractivity (Wildman–Crippen MR) is 339 cm³/mol. The topological polar surface area (TPSA) is 175 Å². The lowest BCUT2D eigenvalue weighted by Crippen LogP contribution is -2.61. The summed E-state index contributed by atoms with van der Waals surface area (Å²) in [5.74, 6) is -3.31. The first kappa shape index (κ1) is 75.1. The van der Waals surface area contributed by atoms with E-state index in [0.29, 0.717) is 25.7 Å². The van der Waals surface area contributed by atoms with Gasteiger partial charge in [0, 0.05) is 19.3 Å². The highest BCUT2D eigenvalue weighted by molar-refractivity contribution is 5.74. The smallest absolute Gasteiger partial charge is 0.335 e. The van der Waals surface area contributed by atoms with Crippen LogP contribution in [0.2, 0.25) is 0 Å². The summed E-state index contributed by atoms with van der Waals surface area (Å²) in [6.45, 7) is 5.55. The van der Waals surface area contributed by atoms with E-state index >= 15 is 0 Å². The van der Waals surface area contributed by atoms with Crippen LogP contribution in [0.5, 0.6) is 0 Å². The third kappa shape index (κ3) is 46.2. The quantitative estimate of drug-likeness (QED) is 0.0228. The molecule has 0 aromatic carbocycles. The number of unbranched alkanes of at least 4 members (excludes halogenated alkanes) is 8. The van der Waals surface area contributed by atoms with Gasteiger partial charge in [-0.05, 0) is 141 Å². The van der Waals surface area contributed by atoms with Crippen LogP contribution >= 0.6 is 0 Å². The summed E-state index contributed by atoms with van der Waals surface area (Å²) >= 11 is 0. The van der Waals surface area contributed by atoms with Gasteiger partial charge in [0.15, 0.2) is 24.6 Å². The number of carbonyl (C=O) groups excluding carboxylic acids is 3. The van der Waals surface area contributed by atoms with Crippen LogP contribution < -0.4 is 0 Å². The minimum atomic E-state index is -1.94. The molecule has 6 unspecified atom stereocenters. The molecular weight excluding hydrogens is 1040 g/mol. The molecule has 1 heterocycles. The second-order valence-electron chi connectivity index (χ2n) is 20.2. The summed E-state index contributed by atoms with van der Waals surface area (Å²) in [6, 6.07) is 0. The van der Waals surface area contributed by atoms with Crippen molar-refractivity contribution in [2.75, 3.05) is 13.2 Å². The second kappa shape index (κ2) is 56.6. The van der Waals surface area contributed by atoms with E-state index in [1.165, 1.54) is 0 Å². The highest BCUT2D eigenvalue weighted by atomic mass is 16.7. The van der Waals surface area contributed by atoms with Crippen molar-refractivity contribution < 1.29 is 58.2 Å². The lowest BCUT2D eigenvalue weighted by Gasteiger charge is -2.40. The number of esters is 3. The first-order valence-corrected chi connectivity index (χ1v) is 31.1. The fourth-order valence-corrected chi connectivity index (χ4v) is 8.12. The Morgan fingerprint density at radius 1 is 0.398 bits per heavy atom. The fraction of sp³-hybridized carbons (Fsp3) is 0.549. The van der Waals surface area contributed by atoms with Crippen molar-refractivity contribution in [2.45, 2.75) is 237 Å². The molecule has 0 aromatic heterocycles. The molecule has 6 atom stereocenters. The highest BCUT2D eigenvalue weighted by Crippen LogP contribution is 2.26. The molecule has 1 rings (SSSR count). The Kier molecular flexibility index (Phi) is 51.2. The maximum Gasteiger partial charge on any atom is 0.335 e. The molecule has 0 spiro atoms. The van der Waals surface area contributed by atoms with Gasteiger partial charge in [0.1, 0.15) is 18.8 Å². The Morgan fingerprint density at radius 3 is 1.13 bits per heavy atom. The molecule has 0 radical (unpaired) electrons. The Hall–Kier alpha value is -5.92. The molecule has 0 saturated carbocycles. The highest BCUT2D eigenvalue weighted by Gasteiger charge is 2.50. The van der Waals surface area contributed by atoms with Crippen LogP contribution in [0.1, 0.15) is 201 Å². The molecule has 12 heteroatoms. The van der Waals surface area contributed by atoms with E-state index in [9.17, 15) is 34.5 Å². The Balaban J connectivity index is 2.77. The molecule has 462 valence electrons. The number of carboxylic acid groups (broad SMARTS) is 1. The minimum Gasteiger partial charge on any atom is -0.479 e. The molecule has 0 amide bonds. The van der Waals surface area contributed by atoms with Crippen molar-refractivity contribution in [1.82, 2.24) is 0 Å². The average Bonchev–Trinajstić information content (AvgIpc) is 3.59. The fourth-order valence-electron chi connectivity index (χ4n) is 8.12. The molecule has 0 aromatic rings. The normalized spacial score (nSPS) is 18.8. The van der Waals surface area contributed by atoms with Gasteiger partial charge in [-0.1, -0.05) is 210 Å². The average molecular weight is 1150 g/mol. The molecular formula is C71H106O12. The number of hydrogen-bond acceptors (Lipinski definition) is 11. The van der Waals surface area contributed by atoms with Crippen molar-refractivity contribution in [3.63, 3.8) is 0 Å². The van der Waals surface area contributed by atoms with E-state index in [-0.39, 0.29) is 25.9 Å². The number of carbonyl (C=O) groups is 4. The monoisotopic (exact) mass is 1150 g/mol.